The topological polar surface area (TPSA) is 58.1 Å². The maximum atomic E-state index is 6.12. The Balaban J connectivity index is 1.27. The predicted molar refractivity (Wildman–Crippen MR) is 131 cm³/mol. The Labute approximate surface area is 193 Å². The number of ether oxygens (including phenoxy) is 2. The Morgan fingerprint density at radius 1 is 1.09 bits per heavy atom. The zero-order valence-electron chi connectivity index (χ0n) is 19.8. The summed E-state index contributed by atoms with van der Waals surface area (Å²) in [5, 5.41) is 6.73. The third-order valence-electron chi connectivity index (χ3n) is 5.86. The first-order valence-corrected chi connectivity index (χ1v) is 11.6. The van der Waals surface area contributed by atoms with E-state index in [0.717, 1.165) is 69.3 Å². The van der Waals surface area contributed by atoms with Crippen molar-refractivity contribution in [1.29, 1.82) is 0 Å². The minimum atomic E-state index is 0.383. The highest BCUT2D eigenvalue weighted by Gasteiger charge is 2.19. The molecule has 32 heavy (non-hydrogen) atoms. The summed E-state index contributed by atoms with van der Waals surface area (Å²) in [5.41, 5.74) is 3.69. The minimum absolute atomic E-state index is 0.383. The van der Waals surface area contributed by atoms with Gasteiger partial charge in [-0.25, -0.2) is 0 Å². The molecular weight excluding hydrogens is 400 g/mol. The van der Waals surface area contributed by atoms with Gasteiger partial charge in [-0.2, -0.15) is 0 Å². The van der Waals surface area contributed by atoms with Crippen LogP contribution in [0.5, 0.6) is 5.75 Å². The molecule has 1 aliphatic heterocycles. The summed E-state index contributed by atoms with van der Waals surface area (Å²) < 4.78 is 11.6. The first-order valence-electron chi connectivity index (χ1n) is 11.6. The number of rotatable bonds is 10. The van der Waals surface area contributed by atoms with Crippen LogP contribution < -0.4 is 15.4 Å². The zero-order chi connectivity index (χ0) is 22.6. The number of aryl methyl sites for hydroxylation is 1. The van der Waals surface area contributed by atoms with Gasteiger partial charge in [0.25, 0.3) is 0 Å². The summed E-state index contributed by atoms with van der Waals surface area (Å²) in [6.45, 7) is 7.60. The van der Waals surface area contributed by atoms with E-state index in [4.69, 9.17) is 9.47 Å². The second-order valence-corrected chi connectivity index (χ2v) is 8.35. The number of hydrogen-bond acceptors (Lipinski definition) is 4. The number of hydrogen-bond donors (Lipinski definition) is 2. The van der Waals surface area contributed by atoms with Gasteiger partial charge in [0.05, 0.1) is 13.2 Å². The van der Waals surface area contributed by atoms with Crippen LogP contribution in [0.2, 0.25) is 0 Å². The van der Waals surface area contributed by atoms with Crippen molar-refractivity contribution >= 4 is 5.96 Å². The van der Waals surface area contributed by atoms with Gasteiger partial charge < -0.3 is 20.1 Å². The smallest absolute Gasteiger partial charge is 0.191 e. The predicted octanol–water partition coefficient (Wildman–Crippen LogP) is 3.74. The molecule has 0 radical (unpaired) electrons. The second-order valence-electron chi connectivity index (χ2n) is 8.35. The molecule has 0 bridgehead atoms. The van der Waals surface area contributed by atoms with Crippen LogP contribution in [0.1, 0.15) is 36.0 Å². The molecule has 3 rings (SSSR count). The maximum absolute atomic E-state index is 6.12. The molecule has 6 nitrogen and oxygen atoms in total. The summed E-state index contributed by atoms with van der Waals surface area (Å²) in [6.07, 6.45) is 3.57. The first kappa shape index (κ1) is 24.1. The number of nitrogens with zero attached hydrogens (tertiary/aromatic N) is 2. The first-order chi connectivity index (χ1) is 15.7. The summed E-state index contributed by atoms with van der Waals surface area (Å²) in [5.74, 6) is 1.69. The minimum Gasteiger partial charge on any atom is -0.496 e. The zero-order valence-corrected chi connectivity index (χ0v) is 19.8. The average molecular weight is 439 g/mol. The Morgan fingerprint density at radius 3 is 2.59 bits per heavy atom. The average Bonchev–Trinajstić information content (AvgIpc) is 2.83. The van der Waals surface area contributed by atoms with Crippen LogP contribution in [-0.4, -0.2) is 57.4 Å². The second kappa shape index (κ2) is 13.1. The lowest BCUT2D eigenvalue weighted by atomic mass is 10.1. The van der Waals surface area contributed by atoms with Crippen molar-refractivity contribution in [3.05, 3.63) is 65.2 Å². The lowest BCUT2D eigenvalue weighted by molar-refractivity contribution is 0.00534. The van der Waals surface area contributed by atoms with Gasteiger partial charge in [-0.15, -0.1) is 0 Å². The summed E-state index contributed by atoms with van der Waals surface area (Å²) in [6, 6.07) is 16.9. The molecule has 0 unspecified atom stereocenters. The fraction of sp³-hybridized carbons (Fsp3) is 0.500. The third kappa shape index (κ3) is 7.84. The molecule has 0 saturated carbocycles. The molecule has 0 spiro atoms. The Morgan fingerprint density at radius 2 is 1.88 bits per heavy atom. The molecule has 0 atom stereocenters. The number of piperidine rings is 1. The van der Waals surface area contributed by atoms with E-state index in [2.05, 4.69) is 76.0 Å². The van der Waals surface area contributed by atoms with Crippen molar-refractivity contribution < 1.29 is 9.47 Å². The molecule has 0 aromatic heterocycles. The number of aliphatic imine (C=N–C) groups is 1. The van der Waals surface area contributed by atoms with E-state index in [1.165, 1.54) is 11.1 Å². The van der Waals surface area contributed by atoms with Gasteiger partial charge >= 0.3 is 0 Å². The molecule has 1 saturated heterocycles. The summed E-state index contributed by atoms with van der Waals surface area (Å²) in [4.78, 5) is 6.84. The van der Waals surface area contributed by atoms with Crippen LogP contribution in [0.4, 0.5) is 0 Å². The number of benzene rings is 2. The van der Waals surface area contributed by atoms with Crippen molar-refractivity contribution in [2.24, 2.45) is 4.99 Å². The number of methoxy groups -OCH3 is 1. The highest BCUT2D eigenvalue weighted by molar-refractivity contribution is 5.79. The molecule has 1 heterocycles. The van der Waals surface area contributed by atoms with Crippen molar-refractivity contribution in [2.45, 2.75) is 45.4 Å². The Kier molecular flexibility index (Phi) is 9.85. The van der Waals surface area contributed by atoms with Crippen molar-refractivity contribution in [3.8, 4) is 5.75 Å². The molecule has 1 fully saturated rings. The van der Waals surface area contributed by atoms with Crippen LogP contribution in [0.3, 0.4) is 0 Å². The van der Waals surface area contributed by atoms with Gasteiger partial charge in [0.15, 0.2) is 5.96 Å². The molecule has 0 aliphatic carbocycles. The van der Waals surface area contributed by atoms with E-state index in [1.807, 2.05) is 0 Å². The highest BCUT2D eigenvalue weighted by atomic mass is 16.5. The molecule has 174 valence electrons. The van der Waals surface area contributed by atoms with Gasteiger partial charge in [0.2, 0.25) is 0 Å². The lowest BCUT2D eigenvalue weighted by Crippen LogP contribution is -2.38. The number of guanidine groups is 1. The van der Waals surface area contributed by atoms with Crippen molar-refractivity contribution in [3.63, 3.8) is 0 Å². The lowest BCUT2D eigenvalue weighted by Gasteiger charge is -2.32. The third-order valence-corrected chi connectivity index (χ3v) is 5.86. The standard InChI is InChI=1S/C26H38N4O2/c1-21-10-11-23(25(18-21)31-3)19-29-26(27-2)28-14-7-17-32-24-12-15-30(16-13-24)20-22-8-5-4-6-9-22/h4-6,8-11,18,24H,7,12-17,19-20H2,1-3H3,(H2,27,28,29). The summed E-state index contributed by atoms with van der Waals surface area (Å²) in [7, 11) is 3.50. The van der Waals surface area contributed by atoms with Gasteiger partial charge in [0, 0.05) is 51.9 Å². The molecule has 6 heteroatoms. The molecule has 2 aromatic rings. The quantitative estimate of drug-likeness (QED) is 0.336. The Hall–Kier alpha value is -2.57. The molecule has 2 N–H and O–H groups in total. The van der Waals surface area contributed by atoms with E-state index in [0.29, 0.717) is 12.6 Å². The van der Waals surface area contributed by atoms with Crippen molar-refractivity contribution in [1.82, 2.24) is 15.5 Å². The summed E-state index contributed by atoms with van der Waals surface area (Å²) >= 11 is 0. The van der Waals surface area contributed by atoms with E-state index < -0.39 is 0 Å². The van der Waals surface area contributed by atoms with Crippen LogP contribution in [0.25, 0.3) is 0 Å². The SMILES string of the molecule is CN=C(NCCCOC1CCN(Cc2ccccc2)CC1)NCc1ccc(C)cc1OC. The van der Waals surface area contributed by atoms with Gasteiger partial charge in [0.1, 0.15) is 5.75 Å². The van der Waals surface area contributed by atoms with Gasteiger partial charge in [-0.1, -0.05) is 42.5 Å². The van der Waals surface area contributed by atoms with Crippen LogP contribution in [-0.2, 0) is 17.8 Å². The van der Waals surface area contributed by atoms with Crippen LogP contribution >= 0.6 is 0 Å². The van der Waals surface area contributed by atoms with E-state index in [1.54, 1.807) is 14.2 Å². The Bertz CT molecular complexity index is 833. The molecule has 0 amide bonds. The number of nitrogens with one attached hydrogen (secondary N) is 2. The molecule has 2 aromatic carbocycles. The number of likely N-dealkylation sites (tertiary alicyclic amines) is 1. The van der Waals surface area contributed by atoms with Crippen LogP contribution in [0, 0.1) is 6.92 Å². The monoisotopic (exact) mass is 438 g/mol. The molecular formula is C26H38N4O2. The maximum Gasteiger partial charge on any atom is 0.191 e. The normalized spacial score (nSPS) is 15.5. The van der Waals surface area contributed by atoms with Gasteiger partial charge in [-0.05, 0) is 43.4 Å². The molecule has 1 aliphatic rings. The van der Waals surface area contributed by atoms with E-state index in [9.17, 15) is 0 Å². The van der Waals surface area contributed by atoms with Gasteiger partial charge in [-0.3, -0.25) is 9.89 Å². The van der Waals surface area contributed by atoms with Crippen LogP contribution in [0.15, 0.2) is 53.5 Å². The highest BCUT2D eigenvalue weighted by Crippen LogP contribution is 2.19. The van der Waals surface area contributed by atoms with E-state index >= 15 is 0 Å². The van der Waals surface area contributed by atoms with Crippen molar-refractivity contribution in [2.75, 3.05) is 40.4 Å². The largest absolute Gasteiger partial charge is 0.496 e. The van der Waals surface area contributed by atoms with E-state index in [-0.39, 0.29) is 0 Å². The fourth-order valence-corrected chi connectivity index (χ4v) is 4.00. The fourth-order valence-electron chi connectivity index (χ4n) is 4.00.